The molecule has 0 bridgehead atoms. The van der Waals surface area contributed by atoms with Crippen molar-refractivity contribution >= 4 is 17.8 Å². The van der Waals surface area contributed by atoms with E-state index in [2.05, 4.69) is 0 Å². The highest BCUT2D eigenvalue weighted by molar-refractivity contribution is 6.06. The van der Waals surface area contributed by atoms with E-state index in [0.29, 0.717) is 22.6 Å². The Balaban J connectivity index is 1.62. The Morgan fingerprint density at radius 2 is 1.37 bits per heavy atom. The molecule has 0 amide bonds. The Kier molecular flexibility index (Phi) is 5.80. The van der Waals surface area contributed by atoms with Crippen LogP contribution in [0.5, 0.6) is 11.5 Å². The van der Waals surface area contributed by atoms with Crippen LogP contribution in [-0.2, 0) is 0 Å². The number of ether oxygens (including phenoxy) is 2. The number of benzene rings is 3. The molecular formula is C23H18O4. The summed E-state index contributed by atoms with van der Waals surface area (Å²) in [6.07, 6.45) is 3.22. The predicted molar refractivity (Wildman–Crippen MR) is 104 cm³/mol. The second-order valence-electron chi connectivity index (χ2n) is 5.75. The minimum Gasteiger partial charge on any atom is -0.497 e. The molecule has 0 aliphatic heterocycles. The SMILES string of the molecule is COc1ccc(C(=O)C=Cc2ccc(OC(=O)c3ccccc3)cc2)cc1. The van der Waals surface area contributed by atoms with Gasteiger partial charge < -0.3 is 9.47 Å². The molecule has 0 spiro atoms. The van der Waals surface area contributed by atoms with Gasteiger partial charge in [0.25, 0.3) is 0 Å². The Hall–Kier alpha value is -3.66. The Bertz CT molecular complexity index is 940. The van der Waals surface area contributed by atoms with Crippen LogP contribution in [0.1, 0.15) is 26.3 Å². The van der Waals surface area contributed by atoms with Crippen LogP contribution in [0.4, 0.5) is 0 Å². The van der Waals surface area contributed by atoms with Crippen LogP contribution in [0.3, 0.4) is 0 Å². The van der Waals surface area contributed by atoms with Crippen molar-refractivity contribution in [1.29, 1.82) is 0 Å². The van der Waals surface area contributed by atoms with Crippen molar-refractivity contribution in [3.05, 3.63) is 102 Å². The van der Waals surface area contributed by atoms with Gasteiger partial charge >= 0.3 is 5.97 Å². The van der Waals surface area contributed by atoms with E-state index in [4.69, 9.17) is 9.47 Å². The van der Waals surface area contributed by atoms with E-state index in [1.165, 1.54) is 6.08 Å². The van der Waals surface area contributed by atoms with Crippen LogP contribution in [0, 0.1) is 0 Å². The minimum atomic E-state index is -0.409. The lowest BCUT2D eigenvalue weighted by molar-refractivity contribution is 0.0734. The zero-order chi connectivity index (χ0) is 19.1. The molecule has 0 saturated heterocycles. The summed E-state index contributed by atoms with van der Waals surface area (Å²) in [5.74, 6) is 0.643. The highest BCUT2D eigenvalue weighted by Gasteiger charge is 2.07. The lowest BCUT2D eigenvalue weighted by Crippen LogP contribution is -2.07. The van der Waals surface area contributed by atoms with Gasteiger partial charge in [-0.2, -0.15) is 0 Å². The molecule has 3 aromatic carbocycles. The second-order valence-corrected chi connectivity index (χ2v) is 5.75. The lowest BCUT2D eigenvalue weighted by atomic mass is 10.1. The number of ketones is 1. The van der Waals surface area contributed by atoms with Gasteiger partial charge in [0.1, 0.15) is 11.5 Å². The zero-order valence-electron chi connectivity index (χ0n) is 14.8. The molecule has 0 N–H and O–H groups in total. The predicted octanol–water partition coefficient (Wildman–Crippen LogP) is 4.81. The molecule has 0 radical (unpaired) electrons. The highest BCUT2D eigenvalue weighted by Crippen LogP contribution is 2.16. The zero-order valence-corrected chi connectivity index (χ0v) is 14.8. The van der Waals surface area contributed by atoms with Gasteiger partial charge in [-0.25, -0.2) is 4.79 Å². The van der Waals surface area contributed by atoms with Gasteiger partial charge in [0.05, 0.1) is 12.7 Å². The summed E-state index contributed by atoms with van der Waals surface area (Å²) < 4.78 is 10.4. The molecule has 0 unspecified atom stereocenters. The van der Waals surface area contributed by atoms with Gasteiger partial charge in [-0.3, -0.25) is 4.79 Å². The van der Waals surface area contributed by atoms with Gasteiger partial charge in [0.15, 0.2) is 5.78 Å². The minimum absolute atomic E-state index is 0.0998. The molecule has 0 atom stereocenters. The first-order valence-corrected chi connectivity index (χ1v) is 8.39. The van der Waals surface area contributed by atoms with Crippen LogP contribution >= 0.6 is 0 Å². The maximum absolute atomic E-state index is 12.2. The van der Waals surface area contributed by atoms with Crippen LogP contribution in [0.2, 0.25) is 0 Å². The molecule has 3 aromatic rings. The number of esters is 1. The maximum atomic E-state index is 12.2. The molecule has 0 aliphatic carbocycles. The number of hydrogen-bond donors (Lipinski definition) is 0. The molecule has 0 aliphatic rings. The third kappa shape index (κ3) is 4.92. The first-order valence-electron chi connectivity index (χ1n) is 8.39. The van der Waals surface area contributed by atoms with Crippen molar-refractivity contribution in [2.45, 2.75) is 0 Å². The van der Waals surface area contributed by atoms with Crippen molar-refractivity contribution in [3.8, 4) is 11.5 Å². The van der Waals surface area contributed by atoms with Crippen molar-refractivity contribution in [2.24, 2.45) is 0 Å². The number of hydrogen-bond acceptors (Lipinski definition) is 4. The van der Waals surface area contributed by atoms with E-state index in [1.54, 1.807) is 86.0 Å². The summed E-state index contributed by atoms with van der Waals surface area (Å²) in [6, 6.07) is 22.7. The number of carbonyl (C=O) groups excluding carboxylic acids is 2. The van der Waals surface area contributed by atoms with Crippen LogP contribution in [0.25, 0.3) is 6.08 Å². The molecular weight excluding hydrogens is 340 g/mol. The third-order valence-corrected chi connectivity index (χ3v) is 3.90. The number of allylic oxidation sites excluding steroid dienone is 1. The fraction of sp³-hybridized carbons (Fsp3) is 0.0435. The Labute approximate surface area is 157 Å². The molecule has 0 fully saturated rings. The number of methoxy groups -OCH3 is 1. The van der Waals surface area contributed by atoms with Gasteiger partial charge in [-0.05, 0) is 60.2 Å². The fourth-order valence-electron chi connectivity index (χ4n) is 2.41. The summed E-state index contributed by atoms with van der Waals surface area (Å²) in [6.45, 7) is 0. The molecule has 27 heavy (non-hydrogen) atoms. The van der Waals surface area contributed by atoms with Gasteiger partial charge in [-0.1, -0.05) is 36.4 Å². The fourth-order valence-corrected chi connectivity index (χ4v) is 2.41. The Morgan fingerprint density at radius 1 is 0.741 bits per heavy atom. The summed E-state index contributed by atoms with van der Waals surface area (Å²) in [5, 5.41) is 0. The van der Waals surface area contributed by atoms with E-state index in [1.807, 2.05) is 6.07 Å². The summed E-state index contributed by atoms with van der Waals surface area (Å²) in [7, 11) is 1.58. The summed E-state index contributed by atoms with van der Waals surface area (Å²) in [5.41, 5.74) is 1.91. The molecule has 0 aromatic heterocycles. The average molecular weight is 358 g/mol. The van der Waals surface area contributed by atoms with Crippen LogP contribution in [0.15, 0.2) is 84.9 Å². The summed E-state index contributed by atoms with van der Waals surface area (Å²) >= 11 is 0. The van der Waals surface area contributed by atoms with E-state index in [0.717, 1.165) is 5.56 Å². The molecule has 4 heteroatoms. The van der Waals surface area contributed by atoms with Crippen molar-refractivity contribution in [3.63, 3.8) is 0 Å². The average Bonchev–Trinajstić information content (AvgIpc) is 2.73. The van der Waals surface area contributed by atoms with Gasteiger partial charge in [0.2, 0.25) is 0 Å². The normalized spacial score (nSPS) is 10.6. The third-order valence-electron chi connectivity index (χ3n) is 3.90. The molecule has 134 valence electrons. The smallest absolute Gasteiger partial charge is 0.343 e. The second kappa shape index (κ2) is 8.63. The maximum Gasteiger partial charge on any atom is 0.343 e. The topological polar surface area (TPSA) is 52.6 Å². The molecule has 0 heterocycles. The Morgan fingerprint density at radius 3 is 2.00 bits per heavy atom. The van der Waals surface area contributed by atoms with Crippen LogP contribution in [-0.4, -0.2) is 18.9 Å². The highest BCUT2D eigenvalue weighted by atomic mass is 16.5. The molecule has 4 nitrogen and oxygen atoms in total. The quantitative estimate of drug-likeness (QED) is 0.275. The first-order chi connectivity index (χ1) is 13.2. The lowest BCUT2D eigenvalue weighted by Gasteiger charge is -2.04. The van der Waals surface area contributed by atoms with E-state index >= 15 is 0 Å². The van der Waals surface area contributed by atoms with Gasteiger partial charge in [-0.15, -0.1) is 0 Å². The molecule has 3 rings (SSSR count). The number of rotatable bonds is 6. The van der Waals surface area contributed by atoms with Crippen molar-refractivity contribution in [2.75, 3.05) is 7.11 Å². The van der Waals surface area contributed by atoms with E-state index in [-0.39, 0.29) is 5.78 Å². The first kappa shape index (κ1) is 18.1. The van der Waals surface area contributed by atoms with Crippen molar-refractivity contribution < 1.29 is 19.1 Å². The standard InChI is InChI=1S/C23H18O4/c1-26-20-14-10-18(11-15-20)22(24)16-9-17-7-12-21(13-8-17)27-23(25)19-5-3-2-4-6-19/h2-16H,1H3. The monoisotopic (exact) mass is 358 g/mol. The van der Waals surface area contributed by atoms with Gasteiger partial charge in [0, 0.05) is 5.56 Å². The number of carbonyl (C=O) groups is 2. The molecule has 0 saturated carbocycles. The van der Waals surface area contributed by atoms with E-state index in [9.17, 15) is 9.59 Å². The van der Waals surface area contributed by atoms with Crippen LogP contribution < -0.4 is 9.47 Å². The van der Waals surface area contributed by atoms with E-state index < -0.39 is 5.97 Å². The van der Waals surface area contributed by atoms with Crippen molar-refractivity contribution in [1.82, 2.24) is 0 Å². The summed E-state index contributed by atoms with van der Waals surface area (Å²) in [4.78, 5) is 24.2. The largest absolute Gasteiger partial charge is 0.497 e.